The van der Waals surface area contributed by atoms with E-state index in [1.807, 2.05) is 18.2 Å². The van der Waals surface area contributed by atoms with Crippen molar-refractivity contribution in [2.75, 3.05) is 6.54 Å². The van der Waals surface area contributed by atoms with Crippen LogP contribution in [-0.4, -0.2) is 17.4 Å². The van der Waals surface area contributed by atoms with Crippen molar-refractivity contribution < 1.29 is 9.18 Å². The minimum Gasteiger partial charge on any atom is -0.355 e. The van der Waals surface area contributed by atoms with Gasteiger partial charge >= 0.3 is 0 Å². The number of rotatable bonds is 5. The van der Waals surface area contributed by atoms with Gasteiger partial charge in [-0.15, -0.1) is 0 Å². The summed E-state index contributed by atoms with van der Waals surface area (Å²) in [5.74, 6) is -0.227. The predicted octanol–water partition coefficient (Wildman–Crippen LogP) is 3.00. The van der Waals surface area contributed by atoms with Gasteiger partial charge in [0, 0.05) is 24.9 Å². The van der Waals surface area contributed by atoms with Crippen LogP contribution < -0.4 is 5.32 Å². The summed E-state index contributed by atoms with van der Waals surface area (Å²) in [7, 11) is 0. The van der Waals surface area contributed by atoms with Crippen molar-refractivity contribution in [3.8, 4) is 0 Å². The van der Waals surface area contributed by atoms with Gasteiger partial charge in [0.25, 0.3) is 0 Å². The molecule has 2 aromatic rings. The smallest absolute Gasteiger partial charge is 0.230 e. The maximum Gasteiger partial charge on any atom is 0.230 e. The minimum absolute atomic E-state index is 0.0429. The van der Waals surface area contributed by atoms with E-state index in [9.17, 15) is 9.18 Å². The molecule has 1 N–H and O–H groups in total. The van der Waals surface area contributed by atoms with E-state index in [1.165, 1.54) is 12.1 Å². The highest BCUT2D eigenvalue weighted by Gasteiger charge is 2.45. The fourth-order valence-electron chi connectivity index (χ4n) is 2.97. The van der Waals surface area contributed by atoms with Crippen LogP contribution in [-0.2, 0) is 16.6 Å². The molecule has 1 heterocycles. The number of hydrogen-bond acceptors (Lipinski definition) is 2. The van der Waals surface area contributed by atoms with Gasteiger partial charge in [-0.05, 0) is 42.7 Å². The Morgan fingerprint density at radius 1 is 1.18 bits per heavy atom. The zero-order chi connectivity index (χ0) is 15.4. The number of aromatic nitrogens is 1. The molecule has 1 aliphatic rings. The van der Waals surface area contributed by atoms with Gasteiger partial charge in [-0.3, -0.25) is 9.78 Å². The highest BCUT2D eigenvalue weighted by molar-refractivity contribution is 5.89. The molecule has 3 nitrogen and oxygen atoms in total. The van der Waals surface area contributed by atoms with Crippen LogP contribution in [0.5, 0.6) is 0 Å². The van der Waals surface area contributed by atoms with Crippen LogP contribution in [0.2, 0.25) is 0 Å². The third kappa shape index (κ3) is 2.86. The Morgan fingerprint density at radius 2 is 1.95 bits per heavy atom. The van der Waals surface area contributed by atoms with Gasteiger partial charge < -0.3 is 5.32 Å². The molecule has 1 aliphatic carbocycles. The summed E-state index contributed by atoms with van der Waals surface area (Å²) in [6, 6.07) is 12.1. The number of benzene rings is 1. The molecule has 0 unspecified atom stereocenters. The van der Waals surface area contributed by atoms with Gasteiger partial charge in [0.15, 0.2) is 0 Å². The van der Waals surface area contributed by atoms with Gasteiger partial charge in [0.2, 0.25) is 5.91 Å². The topological polar surface area (TPSA) is 42.0 Å². The monoisotopic (exact) mass is 298 g/mol. The lowest BCUT2D eigenvalue weighted by atomic mass is 9.64. The van der Waals surface area contributed by atoms with Gasteiger partial charge in [-0.25, -0.2) is 4.39 Å². The highest BCUT2D eigenvalue weighted by atomic mass is 19.1. The first-order valence-electron chi connectivity index (χ1n) is 7.65. The van der Waals surface area contributed by atoms with Crippen LogP contribution in [0.4, 0.5) is 4.39 Å². The first-order chi connectivity index (χ1) is 10.7. The first kappa shape index (κ1) is 14.7. The third-order valence-electron chi connectivity index (χ3n) is 4.43. The Hall–Kier alpha value is -2.23. The van der Waals surface area contributed by atoms with Crippen molar-refractivity contribution in [1.29, 1.82) is 0 Å². The maximum absolute atomic E-state index is 13.1. The van der Waals surface area contributed by atoms with Crippen molar-refractivity contribution >= 4 is 5.91 Å². The molecular weight excluding hydrogens is 279 g/mol. The molecule has 0 radical (unpaired) electrons. The molecule has 1 saturated carbocycles. The number of pyridine rings is 1. The normalized spacial score (nSPS) is 15.9. The average Bonchev–Trinajstić information content (AvgIpc) is 2.49. The zero-order valence-corrected chi connectivity index (χ0v) is 12.4. The Kier molecular flexibility index (Phi) is 4.18. The lowest BCUT2D eigenvalue weighted by Crippen LogP contribution is -2.49. The highest BCUT2D eigenvalue weighted by Crippen LogP contribution is 2.43. The summed E-state index contributed by atoms with van der Waals surface area (Å²) in [5.41, 5.74) is 1.40. The zero-order valence-electron chi connectivity index (χ0n) is 12.4. The van der Waals surface area contributed by atoms with E-state index >= 15 is 0 Å². The number of hydrogen-bond donors (Lipinski definition) is 1. The lowest BCUT2D eigenvalue weighted by Gasteiger charge is -2.40. The summed E-state index contributed by atoms with van der Waals surface area (Å²) in [5, 5.41) is 3.01. The third-order valence-corrected chi connectivity index (χ3v) is 4.43. The van der Waals surface area contributed by atoms with Crippen LogP contribution in [0, 0.1) is 5.82 Å². The second-order valence-corrected chi connectivity index (χ2v) is 5.77. The molecule has 1 aromatic carbocycles. The summed E-state index contributed by atoms with van der Waals surface area (Å²) in [6.07, 6.45) is 5.16. The van der Waals surface area contributed by atoms with E-state index in [0.717, 1.165) is 30.5 Å². The summed E-state index contributed by atoms with van der Waals surface area (Å²) in [6.45, 7) is 0.568. The van der Waals surface area contributed by atoms with E-state index in [4.69, 9.17) is 0 Å². The fourth-order valence-corrected chi connectivity index (χ4v) is 2.97. The van der Waals surface area contributed by atoms with Crippen LogP contribution in [0.25, 0.3) is 0 Å². The molecule has 1 aromatic heterocycles. The fraction of sp³-hybridized carbons (Fsp3) is 0.333. The predicted molar refractivity (Wildman–Crippen MR) is 82.9 cm³/mol. The van der Waals surface area contributed by atoms with E-state index in [1.54, 1.807) is 18.3 Å². The second-order valence-electron chi connectivity index (χ2n) is 5.77. The van der Waals surface area contributed by atoms with Crippen LogP contribution in [0.1, 0.15) is 30.5 Å². The van der Waals surface area contributed by atoms with Crippen LogP contribution in [0.15, 0.2) is 48.7 Å². The lowest BCUT2D eigenvalue weighted by molar-refractivity contribution is -0.129. The molecule has 0 atom stereocenters. The molecule has 4 heteroatoms. The van der Waals surface area contributed by atoms with Gasteiger partial charge in [-0.1, -0.05) is 24.6 Å². The number of carbonyl (C=O) groups excluding carboxylic acids is 1. The van der Waals surface area contributed by atoms with Gasteiger partial charge in [0.05, 0.1) is 5.41 Å². The van der Waals surface area contributed by atoms with Crippen molar-refractivity contribution in [3.63, 3.8) is 0 Å². The molecule has 0 bridgehead atoms. The van der Waals surface area contributed by atoms with Gasteiger partial charge in [-0.2, -0.15) is 0 Å². The maximum atomic E-state index is 13.1. The standard InChI is InChI=1S/C18H19FN2O/c19-15-7-5-14(6-8-15)18(10-3-11-18)17(22)21-13-9-16-4-1-2-12-20-16/h1-2,4-8,12H,3,9-11,13H2,(H,21,22). The molecule has 3 rings (SSSR count). The number of amides is 1. The van der Waals surface area contributed by atoms with E-state index in [0.29, 0.717) is 13.0 Å². The Bertz CT molecular complexity index is 636. The molecule has 22 heavy (non-hydrogen) atoms. The first-order valence-corrected chi connectivity index (χ1v) is 7.65. The van der Waals surface area contributed by atoms with E-state index < -0.39 is 5.41 Å². The number of carbonyl (C=O) groups is 1. The average molecular weight is 298 g/mol. The minimum atomic E-state index is -0.474. The molecule has 0 aliphatic heterocycles. The largest absolute Gasteiger partial charge is 0.355 e. The molecule has 0 spiro atoms. The van der Waals surface area contributed by atoms with Crippen molar-refractivity contribution in [2.45, 2.75) is 31.1 Å². The molecule has 0 saturated heterocycles. The van der Waals surface area contributed by atoms with Crippen molar-refractivity contribution in [1.82, 2.24) is 10.3 Å². The Labute approximate surface area is 129 Å². The molecule has 114 valence electrons. The quantitative estimate of drug-likeness (QED) is 0.922. The molecule has 1 fully saturated rings. The summed E-state index contributed by atoms with van der Waals surface area (Å²) >= 11 is 0. The summed E-state index contributed by atoms with van der Waals surface area (Å²) in [4.78, 5) is 16.8. The second kappa shape index (κ2) is 6.26. The number of halogens is 1. The van der Waals surface area contributed by atoms with Crippen molar-refractivity contribution in [2.24, 2.45) is 0 Å². The molecule has 1 amide bonds. The van der Waals surface area contributed by atoms with Crippen LogP contribution in [0.3, 0.4) is 0 Å². The Balaban J connectivity index is 1.63. The van der Waals surface area contributed by atoms with E-state index in [2.05, 4.69) is 10.3 Å². The van der Waals surface area contributed by atoms with Crippen LogP contribution >= 0.6 is 0 Å². The van der Waals surface area contributed by atoms with Gasteiger partial charge in [0.1, 0.15) is 5.82 Å². The van der Waals surface area contributed by atoms with E-state index in [-0.39, 0.29) is 11.7 Å². The molecular formula is C18H19FN2O. The van der Waals surface area contributed by atoms with Crippen molar-refractivity contribution in [3.05, 3.63) is 65.7 Å². The number of nitrogens with one attached hydrogen (secondary N) is 1. The Morgan fingerprint density at radius 3 is 2.55 bits per heavy atom. The number of nitrogens with zero attached hydrogens (tertiary/aromatic N) is 1. The summed E-state index contributed by atoms with van der Waals surface area (Å²) < 4.78 is 13.1. The SMILES string of the molecule is O=C(NCCc1ccccn1)C1(c2ccc(F)cc2)CCC1.